The smallest absolute Gasteiger partial charge is 0.161 e. The second-order valence-corrected chi connectivity index (χ2v) is 7.66. The van der Waals surface area contributed by atoms with Crippen molar-refractivity contribution < 1.29 is 9.47 Å². The fourth-order valence-electron chi connectivity index (χ4n) is 4.47. The number of hydrogen-bond donors (Lipinski definition) is 1. The van der Waals surface area contributed by atoms with Crippen molar-refractivity contribution in [2.75, 3.05) is 27.3 Å². The van der Waals surface area contributed by atoms with E-state index < -0.39 is 0 Å². The van der Waals surface area contributed by atoms with Crippen molar-refractivity contribution in [1.29, 1.82) is 0 Å². The molecule has 2 aliphatic heterocycles. The van der Waals surface area contributed by atoms with Gasteiger partial charge in [-0.2, -0.15) is 0 Å². The SMILES string of the molecule is COc1cc2c(cc1OC)C1CC(N)C(c3cccc(Cl)c3)CN1CC2.Cl. The molecular formula is C21H26Cl2N2O2. The van der Waals surface area contributed by atoms with Crippen LogP contribution < -0.4 is 15.2 Å². The molecule has 0 aliphatic carbocycles. The van der Waals surface area contributed by atoms with Gasteiger partial charge in [0.25, 0.3) is 0 Å². The molecular weight excluding hydrogens is 383 g/mol. The Hall–Kier alpha value is -1.46. The number of nitrogens with zero attached hydrogens (tertiary/aromatic N) is 1. The van der Waals surface area contributed by atoms with Crippen LogP contribution in [0.1, 0.15) is 35.1 Å². The topological polar surface area (TPSA) is 47.7 Å². The molecule has 0 radical (unpaired) electrons. The van der Waals surface area contributed by atoms with Gasteiger partial charge in [0.15, 0.2) is 11.5 Å². The second-order valence-electron chi connectivity index (χ2n) is 7.23. The first-order valence-electron chi connectivity index (χ1n) is 9.10. The molecule has 4 nitrogen and oxygen atoms in total. The van der Waals surface area contributed by atoms with Crippen LogP contribution in [0.15, 0.2) is 36.4 Å². The van der Waals surface area contributed by atoms with Crippen LogP contribution in [0.3, 0.4) is 0 Å². The first-order chi connectivity index (χ1) is 12.6. The Kier molecular flexibility index (Phi) is 6.21. The molecule has 2 aromatic rings. The van der Waals surface area contributed by atoms with Gasteiger partial charge < -0.3 is 15.2 Å². The molecule has 0 bridgehead atoms. The fourth-order valence-corrected chi connectivity index (χ4v) is 4.67. The number of halogens is 2. The van der Waals surface area contributed by atoms with Crippen LogP contribution in [-0.2, 0) is 6.42 Å². The fraction of sp³-hybridized carbons (Fsp3) is 0.429. The maximum absolute atomic E-state index is 6.63. The highest BCUT2D eigenvalue weighted by molar-refractivity contribution is 6.30. The molecule has 1 saturated heterocycles. The zero-order chi connectivity index (χ0) is 18.3. The monoisotopic (exact) mass is 408 g/mol. The van der Waals surface area contributed by atoms with E-state index in [1.165, 1.54) is 16.7 Å². The third-order valence-electron chi connectivity index (χ3n) is 5.83. The van der Waals surface area contributed by atoms with Crippen LogP contribution in [0.4, 0.5) is 0 Å². The van der Waals surface area contributed by atoms with Crippen LogP contribution in [0.25, 0.3) is 0 Å². The zero-order valence-electron chi connectivity index (χ0n) is 15.7. The average Bonchev–Trinajstić information content (AvgIpc) is 2.66. The molecule has 4 rings (SSSR count). The van der Waals surface area contributed by atoms with Gasteiger partial charge in [-0.25, -0.2) is 0 Å². The highest BCUT2D eigenvalue weighted by Gasteiger charge is 2.38. The van der Waals surface area contributed by atoms with Gasteiger partial charge in [0, 0.05) is 36.1 Å². The largest absolute Gasteiger partial charge is 0.493 e. The molecule has 146 valence electrons. The lowest BCUT2D eigenvalue weighted by molar-refractivity contribution is 0.109. The minimum atomic E-state index is 0. The summed E-state index contributed by atoms with van der Waals surface area (Å²) in [5.74, 6) is 1.90. The van der Waals surface area contributed by atoms with Gasteiger partial charge >= 0.3 is 0 Å². The maximum Gasteiger partial charge on any atom is 0.161 e. The first-order valence-corrected chi connectivity index (χ1v) is 9.48. The highest BCUT2D eigenvalue weighted by Crippen LogP contribution is 2.44. The molecule has 2 heterocycles. The van der Waals surface area contributed by atoms with E-state index in [1.54, 1.807) is 14.2 Å². The molecule has 2 N–H and O–H groups in total. The maximum atomic E-state index is 6.63. The number of fused-ring (bicyclic) bond motifs is 3. The van der Waals surface area contributed by atoms with Crippen molar-refractivity contribution in [3.8, 4) is 11.5 Å². The van der Waals surface area contributed by atoms with E-state index in [9.17, 15) is 0 Å². The first kappa shape index (κ1) is 20.3. The summed E-state index contributed by atoms with van der Waals surface area (Å²) in [4.78, 5) is 2.56. The van der Waals surface area contributed by atoms with Gasteiger partial charge in [-0.3, -0.25) is 4.90 Å². The number of ether oxygens (including phenoxy) is 2. The van der Waals surface area contributed by atoms with Gasteiger partial charge in [-0.1, -0.05) is 23.7 Å². The Morgan fingerprint density at radius 2 is 1.85 bits per heavy atom. The summed E-state index contributed by atoms with van der Waals surface area (Å²) >= 11 is 6.20. The van der Waals surface area contributed by atoms with Crippen LogP contribution in [0, 0.1) is 0 Å². The zero-order valence-corrected chi connectivity index (χ0v) is 17.2. The quantitative estimate of drug-likeness (QED) is 0.826. The van der Waals surface area contributed by atoms with E-state index in [1.807, 2.05) is 12.1 Å². The van der Waals surface area contributed by atoms with Crippen LogP contribution in [-0.4, -0.2) is 38.3 Å². The van der Waals surface area contributed by atoms with Gasteiger partial charge in [0.1, 0.15) is 0 Å². The minimum Gasteiger partial charge on any atom is -0.493 e. The Morgan fingerprint density at radius 3 is 2.56 bits per heavy atom. The summed E-state index contributed by atoms with van der Waals surface area (Å²) in [5, 5.41) is 0.776. The third kappa shape index (κ3) is 3.77. The Labute approximate surface area is 172 Å². The summed E-state index contributed by atoms with van der Waals surface area (Å²) in [7, 11) is 3.37. The predicted molar refractivity (Wildman–Crippen MR) is 112 cm³/mol. The molecule has 0 aromatic heterocycles. The van der Waals surface area contributed by atoms with Crippen LogP contribution in [0.2, 0.25) is 5.02 Å². The number of nitrogens with two attached hydrogens (primary N) is 1. The van der Waals surface area contributed by atoms with Crippen molar-refractivity contribution >= 4 is 24.0 Å². The Bertz CT molecular complexity index is 815. The van der Waals surface area contributed by atoms with E-state index in [4.69, 9.17) is 26.8 Å². The van der Waals surface area contributed by atoms with Gasteiger partial charge in [-0.05, 0) is 53.8 Å². The van der Waals surface area contributed by atoms with Crippen molar-refractivity contribution in [3.05, 3.63) is 58.1 Å². The van der Waals surface area contributed by atoms with E-state index in [0.717, 1.165) is 42.5 Å². The molecule has 27 heavy (non-hydrogen) atoms. The van der Waals surface area contributed by atoms with Crippen molar-refractivity contribution in [3.63, 3.8) is 0 Å². The molecule has 2 aliphatic rings. The Balaban J connectivity index is 0.00000210. The summed E-state index contributed by atoms with van der Waals surface area (Å²) in [6.07, 6.45) is 1.95. The molecule has 2 aromatic carbocycles. The molecule has 3 unspecified atom stereocenters. The van der Waals surface area contributed by atoms with Crippen molar-refractivity contribution in [2.24, 2.45) is 5.73 Å². The Morgan fingerprint density at radius 1 is 1.11 bits per heavy atom. The van der Waals surface area contributed by atoms with Gasteiger partial charge in [-0.15, -0.1) is 12.4 Å². The van der Waals surface area contributed by atoms with E-state index >= 15 is 0 Å². The van der Waals surface area contributed by atoms with Gasteiger partial charge in [0.2, 0.25) is 0 Å². The standard InChI is InChI=1S/C21H25ClN2O2.ClH/c1-25-20-9-14-6-7-24-12-17(13-4-3-5-15(22)8-13)18(23)11-19(24)16(14)10-21(20)26-2;/h3-5,8-10,17-19H,6-7,11-12,23H2,1-2H3;1H. The lowest BCUT2D eigenvalue weighted by Crippen LogP contribution is -2.49. The summed E-state index contributed by atoms with van der Waals surface area (Å²) in [6.45, 7) is 2.00. The molecule has 6 heteroatoms. The average molecular weight is 409 g/mol. The van der Waals surface area contributed by atoms with E-state index in [-0.39, 0.29) is 18.4 Å². The molecule has 0 amide bonds. The summed E-state index contributed by atoms with van der Waals surface area (Å²) in [6, 6.07) is 12.8. The number of rotatable bonds is 3. The summed E-state index contributed by atoms with van der Waals surface area (Å²) < 4.78 is 11.0. The van der Waals surface area contributed by atoms with Crippen molar-refractivity contribution in [1.82, 2.24) is 4.90 Å². The van der Waals surface area contributed by atoms with Crippen LogP contribution in [0.5, 0.6) is 11.5 Å². The lowest BCUT2D eigenvalue weighted by Gasteiger charge is -2.46. The van der Waals surface area contributed by atoms with E-state index in [0.29, 0.717) is 12.0 Å². The number of benzene rings is 2. The minimum absolute atomic E-state index is 0. The second kappa shape index (κ2) is 8.27. The number of hydrogen-bond acceptors (Lipinski definition) is 4. The molecule has 0 saturated carbocycles. The molecule has 0 spiro atoms. The number of piperidine rings is 1. The van der Waals surface area contributed by atoms with E-state index in [2.05, 4.69) is 29.2 Å². The third-order valence-corrected chi connectivity index (χ3v) is 6.07. The van der Waals surface area contributed by atoms with Crippen LogP contribution >= 0.6 is 24.0 Å². The number of methoxy groups -OCH3 is 2. The predicted octanol–water partition coefficient (Wildman–Crippen LogP) is 4.19. The normalized spacial score (nSPS) is 24.4. The lowest BCUT2D eigenvalue weighted by atomic mass is 9.78. The van der Waals surface area contributed by atoms with Crippen molar-refractivity contribution in [2.45, 2.75) is 30.8 Å². The van der Waals surface area contributed by atoms with Gasteiger partial charge in [0.05, 0.1) is 14.2 Å². The highest BCUT2D eigenvalue weighted by atomic mass is 35.5. The summed E-state index contributed by atoms with van der Waals surface area (Å²) in [5.41, 5.74) is 10.5. The molecule has 3 atom stereocenters. The molecule has 1 fully saturated rings.